The molecule has 2 N–H and O–H groups in total. The second-order valence-electron chi connectivity index (χ2n) is 4.76. The van der Waals surface area contributed by atoms with E-state index in [0.29, 0.717) is 19.4 Å². The fourth-order valence-electron chi connectivity index (χ4n) is 2.43. The van der Waals surface area contributed by atoms with Crippen LogP contribution in [0.3, 0.4) is 0 Å². The molecule has 1 atom stereocenters. The molecule has 0 radical (unpaired) electrons. The molecule has 1 unspecified atom stereocenters. The van der Waals surface area contributed by atoms with Gasteiger partial charge >= 0.3 is 5.97 Å². The van der Waals surface area contributed by atoms with Gasteiger partial charge in [-0.2, -0.15) is 0 Å². The molecule has 0 saturated carbocycles. The average Bonchev–Trinajstić information content (AvgIpc) is 2.25. The molecule has 0 fully saturated rings. The summed E-state index contributed by atoms with van der Waals surface area (Å²) in [7, 11) is 0. The van der Waals surface area contributed by atoms with Gasteiger partial charge in [-0.15, -0.1) is 0 Å². The highest BCUT2D eigenvalue weighted by Gasteiger charge is 2.14. The summed E-state index contributed by atoms with van der Waals surface area (Å²) in [6.07, 6.45) is 1.01. The van der Waals surface area contributed by atoms with E-state index in [0.717, 1.165) is 5.56 Å². The van der Waals surface area contributed by atoms with E-state index in [2.05, 4.69) is 32.9 Å². The van der Waals surface area contributed by atoms with Gasteiger partial charge in [-0.05, 0) is 50.8 Å². The number of carbonyl (C=O) groups is 1. The lowest BCUT2D eigenvalue weighted by molar-refractivity contribution is -0.143. The van der Waals surface area contributed by atoms with Gasteiger partial charge in [-0.3, -0.25) is 4.79 Å². The second-order valence-corrected chi connectivity index (χ2v) is 4.76. The van der Waals surface area contributed by atoms with Crippen molar-refractivity contribution in [3.05, 3.63) is 34.4 Å². The third-order valence-electron chi connectivity index (χ3n) is 3.07. The molecule has 0 saturated heterocycles. The van der Waals surface area contributed by atoms with Crippen LogP contribution in [0.25, 0.3) is 0 Å². The summed E-state index contributed by atoms with van der Waals surface area (Å²) < 4.78 is 4.91. The number of aryl methyl sites for hydroxylation is 3. The van der Waals surface area contributed by atoms with Gasteiger partial charge in [0.25, 0.3) is 0 Å². The van der Waals surface area contributed by atoms with E-state index in [9.17, 15) is 4.79 Å². The highest BCUT2D eigenvalue weighted by Crippen LogP contribution is 2.25. The quantitative estimate of drug-likeness (QED) is 0.816. The van der Waals surface area contributed by atoms with E-state index >= 15 is 0 Å². The number of ether oxygens (including phenoxy) is 1. The van der Waals surface area contributed by atoms with Gasteiger partial charge in [-0.25, -0.2) is 0 Å². The highest BCUT2D eigenvalue weighted by molar-refractivity contribution is 5.69. The van der Waals surface area contributed by atoms with Crippen molar-refractivity contribution in [2.45, 2.75) is 46.6 Å². The number of esters is 1. The van der Waals surface area contributed by atoms with E-state index in [1.54, 1.807) is 0 Å². The normalized spacial score (nSPS) is 12.3. The number of nitrogens with two attached hydrogens (primary N) is 1. The Labute approximate surface area is 109 Å². The van der Waals surface area contributed by atoms with E-state index in [1.165, 1.54) is 16.7 Å². The zero-order chi connectivity index (χ0) is 13.7. The Morgan fingerprint density at radius 3 is 2.33 bits per heavy atom. The third kappa shape index (κ3) is 3.84. The van der Waals surface area contributed by atoms with Crippen LogP contribution in [-0.2, 0) is 9.53 Å². The molecule has 100 valence electrons. The summed E-state index contributed by atoms with van der Waals surface area (Å²) in [6.45, 7) is 8.45. The van der Waals surface area contributed by atoms with Gasteiger partial charge in [0.1, 0.15) is 0 Å². The van der Waals surface area contributed by atoms with Crippen molar-refractivity contribution in [3.8, 4) is 0 Å². The van der Waals surface area contributed by atoms with Crippen LogP contribution in [0.4, 0.5) is 0 Å². The van der Waals surface area contributed by atoms with Crippen LogP contribution in [0.1, 0.15) is 48.1 Å². The molecule has 0 aliphatic carbocycles. The first-order valence-corrected chi connectivity index (χ1v) is 6.44. The number of benzene rings is 1. The zero-order valence-electron chi connectivity index (χ0n) is 11.7. The van der Waals surface area contributed by atoms with Crippen molar-refractivity contribution in [2.24, 2.45) is 5.73 Å². The van der Waals surface area contributed by atoms with Crippen molar-refractivity contribution in [2.75, 3.05) is 6.61 Å². The third-order valence-corrected chi connectivity index (χ3v) is 3.07. The van der Waals surface area contributed by atoms with Crippen LogP contribution in [0.5, 0.6) is 0 Å². The molecule has 0 bridgehead atoms. The van der Waals surface area contributed by atoms with Crippen LogP contribution in [0, 0.1) is 20.8 Å². The zero-order valence-corrected chi connectivity index (χ0v) is 11.7. The summed E-state index contributed by atoms with van der Waals surface area (Å²) in [5.74, 6) is -0.171. The number of hydrogen-bond acceptors (Lipinski definition) is 3. The molecule has 3 heteroatoms. The van der Waals surface area contributed by atoms with Gasteiger partial charge in [0, 0.05) is 12.5 Å². The van der Waals surface area contributed by atoms with Crippen molar-refractivity contribution in [1.29, 1.82) is 0 Å². The molecular weight excluding hydrogens is 226 g/mol. The molecule has 0 heterocycles. The highest BCUT2D eigenvalue weighted by atomic mass is 16.5. The van der Waals surface area contributed by atoms with E-state index in [4.69, 9.17) is 10.5 Å². The first kappa shape index (κ1) is 14.7. The standard InChI is InChI=1S/C15H23NO2/c1-5-18-14(17)7-6-13(16)15-11(3)8-10(2)9-12(15)4/h8-9,13H,5-7,16H2,1-4H3. The lowest BCUT2D eigenvalue weighted by Crippen LogP contribution is -2.16. The molecule has 0 aliphatic rings. The minimum atomic E-state index is -0.171. The van der Waals surface area contributed by atoms with Gasteiger partial charge in [0.2, 0.25) is 0 Å². The van der Waals surface area contributed by atoms with Crippen molar-refractivity contribution < 1.29 is 9.53 Å². The number of rotatable bonds is 5. The molecule has 0 amide bonds. The van der Waals surface area contributed by atoms with Crippen LogP contribution in [0.2, 0.25) is 0 Å². The molecule has 1 aromatic carbocycles. The molecule has 1 rings (SSSR count). The molecule has 1 aromatic rings. The van der Waals surface area contributed by atoms with Crippen molar-refractivity contribution in [1.82, 2.24) is 0 Å². The smallest absolute Gasteiger partial charge is 0.305 e. The molecular formula is C15H23NO2. The average molecular weight is 249 g/mol. The van der Waals surface area contributed by atoms with Crippen molar-refractivity contribution in [3.63, 3.8) is 0 Å². The topological polar surface area (TPSA) is 52.3 Å². The minimum Gasteiger partial charge on any atom is -0.466 e. The Balaban J connectivity index is 2.73. The first-order chi connectivity index (χ1) is 8.45. The Bertz CT molecular complexity index is 403. The Morgan fingerprint density at radius 2 is 1.83 bits per heavy atom. The predicted molar refractivity (Wildman–Crippen MR) is 73.4 cm³/mol. The van der Waals surface area contributed by atoms with Gasteiger partial charge in [0.05, 0.1) is 6.61 Å². The van der Waals surface area contributed by atoms with Gasteiger partial charge < -0.3 is 10.5 Å². The maximum absolute atomic E-state index is 11.3. The van der Waals surface area contributed by atoms with Gasteiger partial charge in [0.15, 0.2) is 0 Å². The summed E-state index contributed by atoms with van der Waals surface area (Å²) in [6, 6.07) is 4.16. The maximum Gasteiger partial charge on any atom is 0.305 e. The molecule has 0 aliphatic heterocycles. The van der Waals surface area contributed by atoms with E-state index in [-0.39, 0.29) is 12.0 Å². The SMILES string of the molecule is CCOC(=O)CCC(N)c1c(C)cc(C)cc1C. The molecule has 18 heavy (non-hydrogen) atoms. The predicted octanol–water partition coefficient (Wildman–Crippen LogP) is 2.95. The summed E-state index contributed by atoms with van der Waals surface area (Å²) in [5.41, 5.74) is 11.0. The number of hydrogen-bond donors (Lipinski definition) is 1. The fourth-order valence-corrected chi connectivity index (χ4v) is 2.43. The first-order valence-electron chi connectivity index (χ1n) is 6.44. The molecule has 0 spiro atoms. The molecule has 3 nitrogen and oxygen atoms in total. The van der Waals surface area contributed by atoms with Gasteiger partial charge in [-0.1, -0.05) is 17.7 Å². The van der Waals surface area contributed by atoms with Crippen LogP contribution in [-0.4, -0.2) is 12.6 Å². The lowest BCUT2D eigenvalue weighted by atomic mass is 9.92. The van der Waals surface area contributed by atoms with Crippen LogP contribution in [0.15, 0.2) is 12.1 Å². The monoisotopic (exact) mass is 249 g/mol. The number of carbonyl (C=O) groups excluding carboxylic acids is 1. The van der Waals surface area contributed by atoms with E-state index in [1.807, 2.05) is 6.92 Å². The van der Waals surface area contributed by atoms with Crippen LogP contribution >= 0.6 is 0 Å². The summed E-state index contributed by atoms with van der Waals surface area (Å²) >= 11 is 0. The van der Waals surface area contributed by atoms with Crippen LogP contribution < -0.4 is 5.73 Å². The Hall–Kier alpha value is -1.35. The van der Waals surface area contributed by atoms with E-state index < -0.39 is 0 Å². The minimum absolute atomic E-state index is 0.102. The summed E-state index contributed by atoms with van der Waals surface area (Å²) in [5, 5.41) is 0. The summed E-state index contributed by atoms with van der Waals surface area (Å²) in [4.78, 5) is 11.3. The lowest BCUT2D eigenvalue weighted by Gasteiger charge is -2.18. The van der Waals surface area contributed by atoms with Crippen molar-refractivity contribution >= 4 is 5.97 Å². The largest absolute Gasteiger partial charge is 0.466 e. The Kier molecular flexibility index (Phi) is 5.35. The fraction of sp³-hybridized carbons (Fsp3) is 0.533. The maximum atomic E-state index is 11.3. The Morgan fingerprint density at radius 1 is 1.28 bits per heavy atom. The second kappa shape index (κ2) is 6.55. The molecule has 0 aromatic heterocycles.